The van der Waals surface area contributed by atoms with Crippen molar-refractivity contribution in [2.24, 2.45) is 0 Å². The maximum absolute atomic E-state index is 6.50. The molecule has 2 heterocycles. The SMILES string of the molecule is c1ccc(-c2ccc(-c3ccccc3-c3cc(-c4ccc5c(c4)oc4ccccc45)cc4oc5ccccc5c34)cc2)cc1. The molecule has 0 bridgehead atoms. The van der Waals surface area contributed by atoms with Crippen LogP contribution < -0.4 is 0 Å². The standard InChI is InChI=1S/C42H26O2/c1-2-10-27(11-3-1)28-18-20-29(21-19-28)32-12-4-5-13-33(32)37-24-31(26-41-42(37)36-15-7-9-17-39(36)44-41)30-22-23-35-34-14-6-8-16-38(34)43-40(35)25-30/h1-26H. The van der Waals surface area contributed by atoms with Crippen molar-refractivity contribution in [3.8, 4) is 44.5 Å². The molecule has 9 aromatic rings. The third-order valence-corrected chi connectivity index (χ3v) is 8.71. The van der Waals surface area contributed by atoms with Gasteiger partial charge in [-0.1, -0.05) is 121 Å². The number of furan rings is 2. The molecule has 2 heteroatoms. The van der Waals surface area contributed by atoms with E-state index >= 15 is 0 Å². The van der Waals surface area contributed by atoms with Crippen molar-refractivity contribution in [1.82, 2.24) is 0 Å². The van der Waals surface area contributed by atoms with E-state index < -0.39 is 0 Å². The zero-order valence-electron chi connectivity index (χ0n) is 23.8. The van der Waals surface area contributed by atoms with Crippen molar-refractivity contribution in [2.75, 3.05) is 0 Å². The first-order valence-corrected chi connectivity index (χ1v) is 14.9. The number of rotatable bonds is 4. The second-order valence-corrected chi connectivity index (χ2v) is 11.3. The molecule has 2 nitrogen and oxygen atoms in total. The average molecular weight is 563 g/mol. The van der Waals surface area contributed by atoms with Crippen LogP contribution in [0.25, 0.3) is 88.4 Å². The van der Waals surface area contributed by atoms with Crippen molar-refractivity contribution >= 4 is 43.9 Å². The summed E-state index contributed by atoms with van der Waals surface area (Å²) < 4.78 is 12.8. The summed E-state index contributed by atoms with van der Waals surface area (Å²) in [4.78, 5) is 0. The van der Waals surface area contributed by atoms with Gasteiger partial charge in [-0.05, 0) is 80.9 Å². The lowest BCUT2D eigenvalue weighted by atomic mass is 9.89. The predicted octanol–water partition coefficient (Wildman–Crippen LogP) is 12.2. The van der Waals surface area contributed by atoms with Crippen molar-refractivity contribution in [3.05, 3.63) is 158 Å². The van der Waals surface area contributed by atoms with Gasteiger partial charge >= 0.3 is 0 Å². The van der Waals surface area contributed by atoms with Crippen LogP contribution in [0.4, 0.5) is 0 Å². The smallest absolute Gasteiger partial charge is 0.136 e. The molecular weight excluding hydrogens is 536 g/mol. The van der Waals surface area contributed by atoms with Crippen molar-refractivity contribution < 1.29 is 8.83 Å². The van der Waals surface area contributed by atoms with E-state index in [0.29, 0.717) is 0 Å². The molecule has 9 rings (SSSR count). The fourth-order valence-electron chi connectivity index (χ4n) is 6.58. The maximum atomic E-state index is 6.50. The molecule has 0 unspecified atom stereocenters. The summed E-state index contributed by atoms with van der Waals surface area (Å²) in [6.07, 6.45) is 0. The van der Waals surface area contributed by atoms with E-state index in [4.69, 9.17) is 8.83 Å². The highest BCUT2D eigenvalue weighted by Gasteiger charge is 2.18. The van der Waals surface area contributed by atoms with Gasteiger partial charge in [0.15, 0.2) is 0 Å². The van der Waals surface area contributed by atoms with Crippen LogP contribution in [0.2, 0.25) is 0 Å². The molecule has 0 radical (unpaired) electrons. The molecule has 44 heavy (non-hydrogen) atoms. The third kappa shape index (κ3) is 3.96. The zero-order valence-corrected chi connectivity index (χ0v) is 23.8. The van der Waals surface area contributed by atoms with Crippen molar-refractivity contribution in [3.63, 3.8) is 0 Å². The van der Waals surface area contributed by atoms with E-state index in [0.717, 1.165) is 60.6 Å². The molecule has 7 aromatic carbocycles. The summed E-state index contributed by atoms with van der Waals surface area (Å²) in [5, 5.41) is 4.50. The van der Waals surface area contributed by atoms with Gasteiger partial charge in [-0.25, -0.2) is 0 Å². The third-order valence-electron chi connectivity index (χ3n) is 8.71. The van der Waals surface area contributed by atoms with Gasteiger partial charge in [-0.15, -0.1) is 0 Å². The average Bonchev–Trinajstić information content (AvgIpc) is 3.66. The maximum Gasteiger partial charge on any atom is 0.136 e. The molecular formula is C42H26O2. The molecule has 0 aliphatic carbocycles. The number of para-hydroxylation sites is 2. The van der Waals surface area contributed by atoms with Crippen LogP contribution in [0, 0.1) is 0 Å². The van der Waals surface area contributed by atoms with Gasteiger partial charge in [0.1, 0.15) is 22.3 Å². The number of benzene rings is 7. The lowest BCUT2D eigenvalue weighted by molar-refractivity contribution is 0.668. The van der Waals surface area contributed by atoms with Gasteiger partial charge in [0.2, 0.25) is 0 Å². The molecule has 0 aliphatic heterocycles. The van der Waals surface area contributed by atoms with Gasteiger partial charge in [-0.3, -0.25) is 0 Å². The first-order valence-electron chi connectivity index (χ1n) is 14.9. The number of fused-ring (bicyclic) bond motifs is 6. The summed E-state index contributed by atoms with van der Waals surface area (Å²) >= 11 is 0. The predicted molar refractivity (Wildman–Crippen MR) is 183 cm³/mol. The van der Waals surface area contributed by atoms with Crippen LogP contribution >= 0.6 is 0 Å². The molecule has 0 fully saturated rings. The molecule has 0 atom stereocenters. The van der Waals surface area contributed by atoms with Gasteiger partial charge in [-0.2, -0.15) is 0 Å². The lowest BCUT2D eigenvalue weighted by Gasteiger charge is -2.14. The second-order valence-electron chi connectivity index (χ2n) is 11.3. The fourth-order valence-corrected chi connectivity index (χ4v) is 6.58. The Balaban J connectivity index is 1.25. The van der Waals surface area contributed by atoms with Crippen LogP contribution in [0.1, 0.15) is 0 Å². The van der Waals surface area contributed by atoms with Crippen LogP contribution in [-0.2, 0) is 0 Å². The van der Waals surface area contributed by atoms with Crippen LogP contribution in [0.15, 0.2) is 167 Å². The summed E-state index contributed by atoms with van der Waals surface area (Å²) in [6.45, 7) is 0. The highest BCUT2D eigenvalue weighted by atomic mass is 16.3. The van der Waals surface area contributed by atoms with E-state index in [2.05, 4.69) is 133 Å². The Bertz CT molecular complexity index is 2480. The van der Waals surface area contributed by atoms with E-state index in [1.165, 1.54) is 27.8 Å². The lowest BCUT2D eigenvalue weighted by Crippen LogP contribution is -1.88. The highest BCUT2D eigenvalue weighted by molar-refractivity contribution is 6.15. The Morgan fingerprint density at radius 3 is 1.64 bits per heavy atom. The Morgan fingerprint density at radius 2 is 0.818 bits per heavy atom. The quantitative estimate of drug-likeness (QED) is 0.213. The number of hydrogen-bond donors (Lipinski definition) is 0. The highest BCUT2D eigenvalue weighted by Crippen LogP contribution is 2.44. The van der Waals surface area contributed by atoms with E-state index in [1.807, 2.05) is 24.3 Å². The Labute approximate surface area is 254 Å². The van der Waals surface area contributed by atoms with E-state index in [1.54, 1.807) is 0 Å². The van der Waals surface area contributed by atoms with Crippen molar-refractivity contribution in [2.45, 2.75) is 0 Å². The summed E-state index contributed by atoms with van der Waals surface area (Å²) in [5.41, 5.74) is 12.8. The Kier molecular flexibility index (Phi) is 5.54. The molecule has 0 saturated carbocycles. The van der Waals surface area contributed by atoms with Gasteiger partial charge < -0.3 is 8.83 Å². The fraction of sp³-hybridized carbons (Fsp3) is 0. The second kappa shape index (κ2) is 9.86. The largest absolute Gasteiger partial charge is 0.456 e. The van der Waals surface area contributed by atoms with E-state index in [-0.39, 0.29) is 0 Å². The molecule has 206 valence electrons. The first-order chi connectivity index (χ1) is 21.8. The first kappa shape index (κ1) is 24.7. The summed E-state index contributed by atoms with van der Waals surface area (Å²) in [5.74, 6) is 0. The minimum atomic E-state index is 0.873. The Morgan fingerprint density at radius 1 is 0.273 bits per heavy atom. The van der Waals surface area contributed by atoms with Gasteiger partial charge in [0.05, 0.1) is 0 Å². The molecule has 0 saturated heterocycles. The molecule has 2 aromatic heterocycles. The van der Waals surface area contributed by atoms with Crippen molar-refractivity contribution in [1.29, 1.82) is 0 Å². The van der Waals surface area contributed by atoms with E-state index in [9.17, 15) is 0 Å². The minimum absolute atomic E-state index is 0.873. The minimum Gasteiger partial charge on any atom is -0.456 e. The molecule has 0 spiro atoms. The molecule has 0 amide bonds. The molecule has 0 N–H and O–H groups in total. The van der Waals surface area contributed by atoms with Gasteiger partial charge in [0.25, 0.3) is 0 Å². The van der Waals surface area contributed by atoms with Crippen LogP contribution in [-0.4, -0.2) is 0 Å². The number of hydrogen-bond acceptors (Lipinski definition) is 2. The normalized spacial score (nSPS) is 11.6. The monoisotopic (exact) mass is 562 g/mol. The topological polar surface area (TPSA) is 26.3 Å². The van der Waals surface area contributed by atoms with Crippen LogP contribution in [0.5, 0.6) is 0 Å². The summed E-state index contributed by atoms with van der Waals surface area (Å²) in [7, 11) is 0. The zero-order chi connectivity index (χ0) is 29.0. The Hall–Kier alpha value is -5.86. The molecule has 0 aliphatic rings. The summed E-state index contributed by atoms with van der Waals surface area (Å²) in [6, 6.07) is 55.6. The van der Waals surface area contributed by atoms with Crippen LogP contribution in [0.3, 0.4) is 0 Å². The van der Waals surface area contributed by atoms with Gasteiger partial charge in [0, 0.05) is 21.5 Å².